The summed E-state index contributed by atoms with van der Waals surface area (Å²) in [4.78, 5) is 19.4. The molecule has 1 fully saturated rings. The third-order valence-corrected chi connectivity index (χ3v) is 4.18. The number of H-pyrrole nitrogens is 1. The molecule has 2 rings (SSSR count). The Labute approximate surface area is 119 Å². The molecule has 1 heterocycles. The first kappa shape index (κ1) is 15.0. The Morgan fingerprint density at radius 3 is 2.45 bits per heavy atom. The average Bonchev–Trinajstić information content (AvgIpc) is 2.39. The van der Waals surface area contributed by atoms with Gasteiger partial charge in [-0.15, -0.1) is 0 Å². The van der Waals surface area contributed by atoms with Crippen LogP contribution >= 0.6 is 0 Å². The lowest BCUT2D eigenvalue weighted by molar-refractivity contribution is 0.0288. The lowest BCUT2D eigenvalue weighted by Gasteiger charge is -2.28. The molecule has 1 aromatic rings. The summed E-state index contributed by atoms with van der Waals surface area (Å²) >= 11 is 0. The predicted molar refractivity (Wildman–Crippen MR) is 79.7 cm³/mol. The Bertz CT molecular complexity index is 504. The number of nitrogen functional groups attached to an aromatic ring is 1. The third kappa shape index (κ3) is 3.03. The molecule has 1 aromatic heterocycles. The number of nitrogens with zero attached hydrogens (tertiary/aromatic N) is 1. The quantitative estimate of drug-likeness (QED) is 0.888. The molecule has 1 unspecified atom stereocenters. The van der Waals surface area contributed by atoms with E-state index in [0.717, 1.165) is 12.8 Å². The van der Waals surface area contributed by atoms with Gasteiger partial charge in [-0.25, -0.2) is 4.98 Å². The van der Waals surface area contributed by atoms with E-state index in [-0.39, 0.29) is 17.6 Å². The van der Waals surface area contributed by atoms with E-state index in [1.165, 1.54) is 19.3 Å². The number of hydrogen-bond donors (Lipinski definition) is 2. The van der Waals surface area contributed by atoms with Crippen LogP contribution in [0, 0.1) is 5.92 Å². The molecule has 5 heteroatoms. The normalized spacial score (nSPS) is 18.4. The van der Waals surface area contributed by atoms with Crippen molar-refractivity contribution in [1.29, 1.82) is 0 Å². The molecule has 112 valence electrons. The fraction of sp³-hybridized carbons (Fsp3) is 0.733. The van der Waals surface area contributed by atoms with Gasteiger partial charge in [-0.3, -0.25) is 4.79 Å². The minimum atomic E-state index is -0.161. The maximum absolute atomic E-state index is 12.2. The van der Waals surface area contributed by atoms with Crippen LogP contribution in [0.1, 0.15) is 69.4 Å². The molecule has 0 radical (unpaired) electrons. The summed E-state index contributed by atoms with van der Waals surface area (Å²) in [5.74, 6) is 1.39. The summed E-state index contributed by atoms with van der Waals surface area (Å²) in [5.41, 5.74) is 6.38. The smallest absolute Gasteiger partial charge is 0.256 e. The van der Waals surface area contributed by atoms with E-state index in [9.17, 15) is 4.79 Å². The second-order valence-electron chi connectivity index (χ2n) is 5.96. The number of ether oxygens (including phenoxy) is 1. The zero-order valence-corrected chi connectivity index (χ0v) is 12.6. The molecular formula is C15H25N3O2. The Morgan fingerprint density at radius 1 is 1.30 bits per heavy atom. The van der Waals surface area contributed by atoms with Gasteiger partial charge in [-0.05, 0) is 24.7 Å². The van der Waals surface area contributed by atoms with Crippen LogP contribution in [0.2, 0.25) is 0 Å². The zero-order chi connectivity index (χ0) is 14.7. The van der Waals surface area contributed by atoms with E-state index in [0.29, 0.717) is 23.1 Å². The van der Waals surface area contributed by atoms with Crippen LogP contribution in [0.4, 0.5) is 5.82 Å². The van der Waals surface area contributed by atoms with Crippen molar-refractivity contribution >= 4 is 5.82 Å². The van der Waals surface area contributed by atoms with Gasteiger partial charge in [0.15, 0.2) is 0 Å². The fourth-order valence-electron chi connectivity index (χ4n) is 3.17. The topological polar surface area (TPSA) is 81.0 Å². The van der Waals surface area contributed by atoms with Gasteiger partial charge in [-0.2, -0.15) is 0 Å². The van der Waals surface area contributed by atoms with Crippen LogP contribution in [0.5, 0.6) is 0 Å². The number of methoxy groups -OCH3 is 1. The Kier molecular flexibility index (Phi) is 4.81. The minimum absolute atomic E-state index is 0.0657. The number of hydrogen-bond acceptors (Lipinski definition) is 4. The second-order valence-corrected chi connectivity index (χ2v) is 5.96. The first-order chi connectivity index (χ1) is 9.54. The number of aromatic amines is 1. The zero-order valence-electron chi connectivity index (χ0n) is 12.6. The molecular weight excluding hydrogens is 254 g/mol. The molecule has 1 aliphatic carbocycles. The average molecular weight is 279 g/mol. The van der Waals surface area contributed by atoms with Gasteiger partial charge >= 0.3 is 0 Å². The number of nitrogens with two attached hydrogens (primary N) is 1. The molecule has 5 nitrogen and oxygen atoms in total. The fourth-order valence-corrected chi connectivity index (χ4v) is 3.17. The Balaban J connectivity index is 2.33. The molecule has 0 bridgehead atoms. The maximum atomic E-state index is 12.2. The van der Waals surface area contributed by atoms with Crippen molar-refractivity contribution in [2.45, 2.75) is 58.0 Å². The molecule has 0 spiro atoms. The van der Waals surface area contributed by atoms with Crippen LogP contribution in [0.25, 0.3) is 0 Å². The summed E-state index contributed by atoms with van der Waals surface area (Å²) in [6, 6.07) is 0. The lowest BCUT2D eigenvalue weighted by atomic mass is 9.85. The van der Waals surface area contributed by atoms with Gasteiger partial charge in [-0.1, -0.05) is 33.1 Å². The summed E-state index contributed by atoms with van der Waals surface area (Å²) in [6.07, 6.45) is 5.79. The van der Waals surface area contributed by atoms with Crippen molar-refractivity contribution < 1.29 is 4.74 Å². The summed E-state index contributed by atoms with van der Waals surface area (Å²) < 4.78 is 5.60. The van der Waals surface area contributed by atoms with Gasteiger partial charge in [0, 0.05) is 7.11 Å². The van der Waals surface area contributed by atoms with Gasteiger partial charge in [0.2, 0.25) is 0 Å². The third-order valence-electron chi connectivity index (χ3n) is 4.18. The van der Waals surface area contributed by atoms with Crippen molar-refractivity contribution in [1.82, 2.24) is 9.97 Å². The van der Waals surface area contributed by atoms with Crippen LogP contribution in [-0.2, 0) is 4.74 Å². The van der Waals surface area contributed by atoms with Gasteiger partial charge < -0.3 is 15.5 Å². The van der Waals surface area contributed by atoms with Crippen molar-refractivity contribution in [3.05, 3.63) is 21.7 Å². The molecule has 1 aliphatic rings. The first-order valence-electron chi connectivity index (χ1n) is 7.47. The monoisotopic (exact) mass is 279 g/mol. The summed E-state index contributed by atoms with van der Waals surface area (Å²) in [5, 5.41) is 0. The van der Waals surface area contributed by atoms with E-state index in [2.05, 4.69) is 9.97 Å². The molecule has 0 saturated heterocycles. The summed E-state index contributed by atoms with van der Waals surface area (Å²) in [6.45, 7) is 3.88. The molecule has 1 saturated carbocycles. The highest BCUT2D eigenvalue weighted by atomic mass is 16.5. The second kappa shape index (κ2) is 6.39. The molecule has 3 N–H and O–H groups in total. The van der Waals surface area contributed by atoms with E-state index in [1.54, 1.807) is 7.11 Å². The first-order valence-corrected chi connectivity index (χ1v) is 7.47. The molecule has 1 atom stereocenters. The Hall–Kier alpha value is -1.36. The van der Waals surface area contributed by atoms with E-state index in [1.807, 2.05) is 13.8 Å². The number of rotatable bonds is 4. The van der Waals surface area contributed by atoms with E-state index in [4.69, 9.17) is 10.5 Å². The SMILES string of the molecule is COC(c1nc(N)c(C(C)C)c(=O)[nH]1)C1CCCCC1. The van der Waals surface area contributed by atoms with Gasteiger partial charge in [0.25, 0.3) is 5.56 Å². The molecule has 0 aromatic carbocycles. The number of aromatic nitrogens is 2. The largest absolute Gasteiger partial charge is 0.383 e. The van der Waals surface area contributed by atoms with Crippen molar-refractivity contribution in [2.24, 2.45) is 5.92 Å². The molecule has 0 aliphatic heterocycles. The minimum Gasteiger partial charge on any atom is -0.383 e. The molecule has 0 amide bonds. The van der Waals surface area contributed by atoms with Crippen molar-refractivity contribution in [3.63, 3.8) is 0 Å². The van der Waals surface area contributed by atoms with Gasteiger partial charge in [0.05, 0.1) is 5.56 Å². The van der Waals surface area contributed by atoms with Crippen LogP contribution < -0.4 is 11.3 Å². The highest BCUT2D eigenvalue weighted by molar-refractivity contribution is 5.40. The molecule has 20 heavy (non-hydrogen) atoms. The van der Waals surface area contributed by atoms with Crippen LogP contribution in [0.3, 0.4) is 0 Å². The standard InChI is InChI=1S/C15H25N3O2/c1-9(2)11-13(16)17-14(18-15(11)19)12(20-3)10-7-5-4-6-8-10/h9-10,12H,4-8H2,1-3H3,(H3,16,17,18,19). The van der Waals surface area contributed by atoms with Crippen LogP contribution in [0.15, 0.2) is 4.79 Å². The predicted octanol–water partition coefficient (Wildman–Crippen LogP) is 2.74. The van der Waals surface area contributed by atoms with Gasteiger partial charge in [0.1, 0.15) is 17.7 Å². The summed E-state index contributed by atoms with van der Waals surface area (Å²) in [7, 11) is 1.67. The van der Waals surface area contributed by atoms with Crippen molar-refractivity contribution in [2.75, 3.05) is 12.8 Å². The van der Waals surface area contributed by atoms with Crippen LogP contribution in [-0.4, -0.2) is 17.1 Å². The van der Waals surface area contributed by atoms with Crippen molar-refractivity contribution in [3.8, 4) is 0 Å². The highest BCUT2D eigenvalue weighted by Gasteiger charge is 2.28. The number of nitrogens with one attached hydrogen (secondary N) is 1. The van der Waals surface area contributed by atoms with E-state index < -0.39 is 0 Å². The highest BCUT2D eigenvalue weighted by Crippen LogP contribution is 2.35. The van der Waals surface area contributed by atoms with E-state index >= 15 is 0 Å². The number of anilines is 1. The lowest BCUT2D eigenvalue weighted by Crippen LogP contribution is -2.26. The Morgan fingerprint density at radius 2 is 1.95 bits per heavy atom. The maximum Gasteiger partial charge on any atom is 0.256 e.